The summed E-state index contributed by atoms with van der Waals surface area (Å²) in [4.78, 5) is 0. The zero-order chi connectivity index (χ0) is 68.2. The van der Waals surface area contributed by atoms with Crippen molar-refractivity contribution in [3.05, 3.63) is 368 Å². The lowest BCUT2D eigenvalue weighted by Gasteiger charge is -2.18. The van der Waals surface area contributed by atoms with Crippen LogP contribution in [-0.4, -0.2) is 17.2 Å². The summed E-state index contributed by atoms with van der Waals surface area (Å²) in [6.07, 6.45) is 0. The number of halogens is 1. The first-order chi connectivity index (χ1) is 50.3. The third-order valence-corrected chi connectivity index (χ3v) is 23.0. The van der Waals surface area contributed by atoms with Gasteiger partial charge < -0.3 is 10.0 Å². The van der Waals surface area contributed by atoms with E-state index in [0.29, 0.717) is 5.46 Å². The lowest BCUT2D eigenvalue weighted by molar-refractivity contribution is 0.426. The normalized spacial score (nSPS) is 11.5. The number of benzene rings is 18. The Morgan fingerprint density at radius 3 is 0.931 bits per heavy atom. The molecule has 0 spiro atoms. The number of fused-ring (bicyclic) bond motifs is 12. The first-order valence-corrected chi connectivity index (χ1v) is 36.9. The lowest BCUT2D eigenvalue weighted by atomic mass is 9.72. The lowest BCUT2D eigenvalue weighted by Crippen LogP contribution is -2.31. The van der Waals surface area contributed by atoms with Crippen LogP contribution in [-0.2, 0) is 0 Å². The second-order valence-electron chi connectivity index (χ2n) is 26.0. The molecule has 2 heterocycles. The zero-order valence-corrected chi connectivity index (χ0v) is 58.5. The van der Waals surface area contributed by atoms with Gasteiger partial charge in [-0.15, -0.1) is 22.7 Å². The minimum atomic E-state index is -1.54. The van der Waals surface area contributed by atoms with Crippen LogP contribution >= 0.6 is 38.6 Å². The summed E-state index contributed by atoms with van der Waals surface area (Å²) >= 11 is 7.26. The van der Waals surface area contributed by atoms with E-state index in [2.05, 4.69) is 344 Å². The van der Waals surface area contributed by atoms with Crippen molar-refractivity contribution in [2.75, 3.05) is 0 Å². The Hall–Kier alpha value is -11.6. The third-order valence-electron chi connectivity index (χ3n) is 20.1. The van der Waals surface area contributed by atoms with Gasteiger partial charge in [-0.05, 0) is 197 Å². The molecule has 0 aliphatic heterocycles. The molecule has 20 rings (SSSR count). The molecule has 0 aliphatic rings. The smallest absolute Gasteiger partial charge is 0.423 e. The fourth-order valence-corrected chi connectivity index (χ4v) is 18.1. The van der Waals surface area contributed by atoms with Crippen molar-refractivity contribution in [3.63, 3.8) is 0 Å². The molecule has 0 aliphatic carbocycles. The van der Waals surface area contributed by atoms with Crippen molar-refractivity contribution in [2.24, 2.45) is 0 Å². The van der Waals surface area contributed by atoms with Crippen LogP contribution in [0.3, 0.4) is 0 Å². The van der Waals surface area contributed by atoms with Crippen LogP contribution in [0.1, 0.15) is 0 Å². The molecule has 6 heteroatoms. The van der Waals surface area contributed by atoms with Gasteiger partial charge in [-0.3, -0.25) is 0 Å². The third kappa shape index (κ3) is 11.5. The van der Waals surface area contributed by atoms with Crippen LogP contribution in [0.2, 0.25) is 0 Å². The SMILES string of the molecule is Brc1ccc(-c2cccc3c2sc2ccccc23)cc1.OB(O)c1c2ccccc2c(-c2cccc(-c3ccc4ccccc4c3)c2)c2ccccc12.c1cc(-c2ccc3ccccc3c2)cc(-c2c3ccccc3c(-c3ccc(-c4cccc5c4sc4ccccc45)cc3)c3ccccc23)c1. The van der Waals surface area contributed by atoms with Crippen molar-refractivity contribution < 1.29 is 10.0 Å². The van der Waals surface area contributed by atoms with Gasteiger partial charge in [-0.1, -0.05) is 331 Å². The summed E-state index contributed by atoms with van der Waals surface area (Å²) < 4.78 is 6.53. The molecule has 0 unspecified atom stereocenters. The van der Waals surface area contributed by atoms with Gasteiger partial charge in [0.25, 0.3) is 0 Å². The molecule has 480 valence electrons. The molecular weight excluding hydrogens is 1340 g/mol. The second-order valence-corrected chi connectivity index (χ2v) is 29.0. The highest BCUT2D eigenvalue weighted by atomic mass is 79.9. The minimum absolute atomic E-state index is 0.552. The quantitative estimate of drug-likeness (QED) is 0.118. The van der Waals surface area contributed by atoms with Gasteiger partial charge in [-0.25, -0.2) is 0 Å². The largest absolute Gasteiger partial charge is 0.489 e. The monoisotopic (exact) mass is 1400 g/mol. The van der Waals surface area contributed by atoms with Gasteiger partial charge in [0.1, 0.15) is 0 Å². The van der Waals surface area contributed by atoms with E-state index in [9.17, 15) is 10.0 Å². The summed E-state index contributed by atoms with van der Waals surface area (Å²) in [6, 6.07) is 130. The van der Waals surface area contributed by atoms with Gasteiger partial charge in [0.15, 0.2) is 0 Å². The molecule has 102 heavy (non-hydrogen) atoms. The van der Waals surface area contributed by atoms with Crippen molar-refractivity contribution in [1.82, 2.24) is 0 Å². The maximum Gasteiger partial charge on any atom is 0.489 e. The van der Waals surface area contributed by atoms with Crippen LogP contribution < -0.4 is 5.46 Å². The molecule has 0 saturated carbocycles. The van der Waals surface area contributed by atoms with E-state index in [-0.39, 0.29) is 0 Å². The molecule has 0 fully saturated rings. The van der Waals surface area contributed by atoms with Gasteiger partial charge in [0, 0.05) is 44.8 Å². The summed E-state index contributed by atoms with van der Waals surface area (Å²) in [7, 11) is -1.54. The molecule has 2 nitrogen and oxygen atoms in total. The van der Waals surface area contributed by atoms with Gasteiger partial charge >= 0.3 is 7.12 Å². The first kappa shape index (κ1) is 62.7. The van der Waals surface area contributed by atoms with Crippen LogP contribution in [0.15, 0.2) is 368 Å². The van der Waals surface area contributed by atoms with E-state index in [1.165, 1.54) is 145 Å². The Bertz CT molecular complexity index is 6520. The van der Waals surface area contributed by atoms with E-state index in [0.717, 1.165) is 42.7 Å². The summed E-state index contributed by atoms with van der Waals surface area (Å²) in [5.41, 5.74) is 17.7. The first-order valence-electron chi connectivity index (χ1n) is 34.4. The van der Waals surface area contributed by atoms with Gasteiger partial charge in [0.2, 0.25) is 0 Å². The van der Waals surface area contributed by atoms with Crippen LogP contribution in [0, 0.1) is 0 Å². The van der Waals surface area contributed by atoms with E-state index in [4.69, 9.17) is 0 Å². The number of hydrogen-bond acceptors (Lipinski definition) is 4. The van der Waals surface area contributed by atoms with E-state index >= 15 is 0 Å². The molecular formula is C96H62BBrO2S2. The Kier molecular flexibility index (Phi) is 16.5. The van der Waals surface area contributed by atoms with Crippen LogP contribution in [0.5, 0.6) is 0 Å². The number of hydrogen-bond donors (Lipinski definition) is 2. The van der Waals surface area contributed by atoms with Crippen molar-refractivity contribution in [3.8, 4) is 77.9 Å². The van der Waals surface area contributed by atoms with E-state index in [1.54, 1.807) is 0 Å². The fraction of sp³-hybridized carbons (Fsp3) is 0. The van der Waals surface area contributed by atoms with Crippen molar-refractivity contribution >= 4 is 156 Å². The summed E-state index contributed by atoms with van der Waals surface area (Å²) in [6.45, 7) is 0. The highest BCUT2D eigenvalue weighted by molar-refractivity contribution is 9.10. The Labute approximate surface area is 607 Å². The maximum atomic E-state index is 10.2. The Morgan fingerprint density at radius 2 is 0.510 bits per heavy atom. The summed E-state index contributed by atoms with van der Waals surface area (Å²) in [5.74, 6) is 0. The highest BCUT2D eigenvalue weighted by Gasteiger charge is 2.24. The van der Waals surface area contributed by atoms with E-state index < -0.39 is 7.12 Å². The minimum Gasteiger partial charge on any atom is -0.423 e. The predicted octanol–water partition coefficient (Wildman–Crippen LogP) is 26.8. The topological polar surface area (TPSA) is 40.5 Å². The van der Waals surface area contributed by atoms with E-state index in [1.807, 2.05) is 59.1 Å². The van der Waals surface area contributed by atoms with Gasteiger partial charge in [-0.2, -0.15) is 0 Å². The Balaban J connectivity index is 0.000000121. The molecule has 0 bridgehead atoms. The summed E-state index contributed by atoms with van der Waals surface area (Å²) in [5, 5.41) is 39.6. The fourth-order valence-electron chi connectivity index (χ4n) is 15.3. The highest BCUT2D eigenvalue weighted by Crippen LogP contribution is 2.47. The maximum absolute atomic E-state index is 10.2. The molecule has 20 aromatic rings. The molecule has 18 aromatic carbocycles. The van der Waals surface area contributed by atoms with Crippen LogP contribution in [0.25, 0.3) is 183 Å². The average Bonchev–Trinajstić information content (AvgIpc) is 1.13. The number of rotatable bonds is 8. The zero-order valence-electron chi connectivity index (χ0n) is 55.3. The molecule has 0 amide bonds. The molecule has 0 atom stereocenters. The molecule has 2 aromatic heterocycles. The number of thiophene rings is 2. The average molecular weight is 1400 g/mol. The molecule has 0 radical (unpaired) electrons. The molecule has 2 N–H and O–H groups in total. The predicted molar refractivity (Wildman–Crippen MR) is 446 cm³/mol. The van der Waals surface area contributed by atoms with Gasteiger partial charge in [0.05, 0.1) is 0 Å². The Morgan fingerprint density at radius 1 is 0.216 bits per heavy atom. The second kappa shape index (κ2) is 26.8. The van der Waals surface area contributed by atoms with Crippen molar-refractivity contribution in [1.29, 1.82) is 0 Å². The van der Waals surface area contributed by atoms with Crippen molar-refractivity contribution in [2.45, 2.75) is 0 Å². The van der Waals surface area contributed by atoms with Crippen LogP contribution in [0.4, 0.5) is 0 Å². The molecule has 0 saturated heterocycles. The standard InChI is InChI=1S/C48H30S.C30H21BO2.C18H11BrS/c1-2-12-34-29-36(28-23-31(34)11-1)35-13-9-14-37(30-35)47-42-18-5-3-16-40(42)46(41-17-4-6-19-43(41)47)33-26-24-32(25-27-33)38-20-10-21-44-39-15-7-8-22-45(39)49-48(38)44;32-31(33)30-27-14-5-3-12-25(27)29(26-13-4-6-15-28(26)30)24-11-7-10-22(19-24)23-17-16-20-8-1-2-9-21(20)18-23;19-13-10-8-12(9-11-13)14-5-3-6-16-15-4-1-2-7-17(15)20-18(14)16/h1-30H;1-19,32-33H;1-11H.